The lowest BCUT2D eigenvalue weighted by molar-refractivity contribution is -0.167. The highest BCUT2D eigenvalue weighted by Crippen LogP contribution is 2.29. The lowest BCUT2D eigenvalue weighted by atomic mass is 10.3. The van der Waals surface area contributed by atoms with Crippen molar-refractivity contribution in [1.29, 1.82) is 0 Å². The second kappa shape index (κ2) is 3.89. The normalized spacial score (nSPS) is 13.9. The summed E-state index contributed by atoms with van der Waals surface area (Å²) in [5.74, 6) is -0.834. The third-order valence-electron chi connectivity index (χ3n) is 1.81. The number of rotatable bonds is 3. The van der Waals surface area contributed by atoms with Crippen LogP contribution in [0.5, 0.6) is 0 Å². The Kier molecular flexibility index (Phi) is 2.98. The number of carbonyl (C=O) groups excluding carboxylic acids is 1. The molecule has 1 atom stereocenters. The quantitative estimate of drug-likeness (QED) is 0.757. The Morgan fingerprint density at radius 3 is 2.53 bits per heavy atom. The number of aromatic nitrogens is 2. The fraction of sp³-hybridized carbons (Fsp3) is 0.429. The maximum Gasteiger partial charge on any atom is 0.412 e. The molecule has 1 unspecified atom stereocenters. The van der Waals surface area contributed by atoms with Crippen LogP contribution in [0.15, 0.2) is 12.4 Å². The van der Waals surface area contributed by atoms with Gasteiger partial charge in [0, 0.05) is 12.7 Å². The minimum atomic E-state index is -4.50. The van der Waals surface area contributed by atoms with Gasteiger partial charge in [-0.25, -0.2) is 0 Å². The standard InChI is InChI=1S/C7H9F3N4O/c8-7(9,10)5(1-11)14-3-4(2-13-14)6(12)15/h2-3,5H,1,11H2,(H2,12,15). The molecule has 1 amide bonds. The van der Waals surface area contributed by atoms with Gasteiger partial charge in [-0.1, -0.05) is 0 Å². The van der Waals surface area contributed by atoms with E-state index in [1.807, 2.05) is 0 Å². The molecule has 1 aromatic rings. The van der Waals surface area contributed by atoms with E-state index in [1.165, 1.54) is 0 Å². The van der Waals surface area contributed by atoms with Crippen LogP contribution in [0.4, 0.5) is 13.2 Å². The van der Waals surface area contributed by atoms with Gasteiger partial charge >= 0.3 is 6.18 Å². The molecule has 0 fully saturated rings. The van der Waals surface area contributed by atoms with Gasteiger partial charge in [0.2, 0.25) is 0 Å². The van der Waals surface area contributed by atoms with E-state index in [0.717, 1.165) is 12.4 Å². The average Bonchev–Trinajstić information content (AvgIpc) is 2.51. The van der Waals surface area contributed by atoms with Gasteiger partial charge in [0.05, 0.1) is 11.8 Å². The Labute approximate surface area is 82.8 Å². The van der Waals surface area contributed by atoms with E-state index in [9.17, 15) is 18.0 Å². The van der Waals surface area contributed by atoms with Crippen molar-refractivity contribution in [3.05, 3.63) is 18.0 Å². The summed E-state index contributed by atoms with van der Waals surface area (Å²) < 4.78 is 37.7. The van der Waals surface area contributed by atoms with Crippen molar-refractivity contribution in [3.8, 4) is 0 Å². The summed E-state index contributed by atoms with van der Waals surface area (Å²) in [7, 11) is 0. The lowest BCUT2D eigenvalue weighted by Crippen LogP contribution is -2.33. The third kappa shape index (κ3) is 2.46. The van der Waals surface area contributed by atoms with Gasteiger partial charge in [0.25, 0.3) is 5.91 Å². The van der Waals surface area contributed by atoms with Gasteiger partial charge in [-0.2, -0.15) is 18.3 Å². The van der Waals surface area contributed by atoms with Crippen molar-refractivity contribution in [1.82, 2.24) is 9.78 Å². The van der Waals surface area contributed by atoms with Gasteiger partial charge in [0.15, 0.2) is 6.04 Å². The van der Waals surface area contributed by atoms with Crippen LogP contribution in [-0.4, -0.2) is 28.4 Å². The fourth-order valence-electron chi connectivity index (χ4n) is 1.03. The first kappa shape index (κ1) is 11.5. The molecule has 1 aromatic heterocycles. The predicted molar refractivity (Wildman–Crippen MR) is 44.9 cm³/mol. The first-order chi connectivity index (χ1) is 6.86. The van der Waals surface area contributed by atoms with Crippen LogP contribution in [-0.2, 0) is 0 Å². The molecular weight excluding hydrogens is 213 g/mol. The van der Waals surface area contributed by atoms with Crippen LogP contribution in [0, 0.1) is 0 Å². The fourth-order valence-corrected chi connectivity index (χ4v) is 1.03. The maximum absolute atomic E-state index is 12.4. The number of hydrogen-bond donors (Lipinski definition) is 2. The van der Waals surface area contributed by atoms with Crippen LogP contribution in [0.3, 0.4) is 0 Å². The Hall–Kier alpha value is -1.57. The molecule has 0 radical (unpaired) electrons. The van der Waals surface area contributed by atoms with Crippen LogP contribution >= 0.6 is 0 Å². The summed E-state index contributed by atoms with van der Waals surface area (Å²) in [4.78, 5) is 10.6. The van der Waals surface area contributed by atoms with E-state index in [-0.39, 0.29) is 5.56 Å². The minimum absolute atomic E-state index is 0.0855. The van der Waals surface area contributed by atoms with Crippen LogP contribution in [0.1, 0.15) is 16.4 Å². The van der Waals surface area contributed by atoms with E-state index in [2.05, 4.69) is 5.10 Å². The van der Waals surface area contributed by atoms with Gasteiger partial charge in [-0.15, -0.1) is 0 Å². The molecule has 4 N–H and O–H groups in total. The Morgan fingerprint density at radius 2 is 2.20 bits per heavy atom. The molecule has 1 heterocycles. The number of alkyl halides is 3. The molecule has 8 heteroatoms. The molecule has 0 aliphatic rings. The lowest BCUT2D eigenvalue weighted by Gasteiger charge is -2.18. The number of amides is 1. The van der Waals surface area contributed by atoms with Crippen molar-refractivity contribution >= 4 is 5.91 Å². The van der Waals surface area contributed by atoms with Crippen LogP contribution < -0.4 is 11.5 Å². The first-order valence-electron chi connectivity index (χ1n) is 3.97. The van der Waals surface area contributed by atoms with Gasteiger partial charge < -0.3 is 11.5 Å². The van der Waals surface area contributed by atoms with Crippen molar-refractivity contribution in [3.63, 3.8) is 0 Å². The van der Waals surface area contributed by atoms with Gasteiger partial charge in [-0.3, -0.25) is 9.48 Å². The summed E-state index contributed by atoms with van der Waals surface area (Å²) in [5.41, 5.74) is 9.77. The zero-order chi connectivity index (χ0) is 11.6. The molecule has 0 aromatic carbocycles. The molecule has 5 nitrogen and oxygen atoms in total. The molecule has 0 aliphatic heterocycles. The second-order valence-corrected chi connectivity index (χ2v) is 2.87. The highest BCUT2D eigenvalue weighted by atomic mass is 19.4. The Morgan fingerprint density at radius 1 is 1.60 bits per heavy atom. The molecule has 0 saturated carbocycles. The highest BCUT2D eigenvalue weighted by Gasteiger charge is 2.40. The number of nitrogens with two attached hydrogens (primary N) is 2. The number of halogens is 3. The van der Waals surface area contributed by atoms with E-state index >= 15 is 0 Å². The zero-order valence-electron chi connectivity index (χ0n) is 7.53. The van der Waals surface area contributed by atoms with Gasteiger partial charge in [-0.05, 0) is 0 Å². The molecule has 0 aliphatic carbocycles. The molecule has 0 bridgehead atoms. The van der Waals surface area contributed by atoms with Crippen LogP contribution in [0.25, 0.3) is 0 Å². The Balaban J connectivity index is 2.98. The van der Waals surface area contributed by atoms with Gasteiger partial charge in [0.1, 0.15) is 0 Å². The summed E-state index contributed by atoms with van der Waals surface area (Å²) in [6.45, 7) is -0.649. The number of hydrogen-bond acceptors (Lipinski definition) is 3. The second-order valence-electron chi connectivity index (χ2n) is 2.87. The summed E-state index contributed by atoms with van der Waals surface area (Å²) in [5, 5.41) is 3.39. The SMILES string of the molecule is NCC(n1cc(C(N)=O)cn1)C(F)(F)F. The summed E-state index contributed by atoms with van der Waals surface area (Å²) in [6, 6.07) is -1.94. The molecule has 0 spiro atoms. The van der Waals surface area contributed by atoms with E-state index < -0.39 is 24.7 Å². The van der Waals surface area contributed by atoms with E-state index in [0.29, 0.717) is 4.68 Å². The van der Waals surface area contributed by atoms with E-state index in [1.54, 1.807) is 0 Å². The molecule has 1 rings (SSSR count). The minimum Gasteiger partial charge on any atom is -0.366 e. The topological polar surface area (TPSA) is 86.9 Å². The smallest absolute Gasteiger partial charge is 0.366 e. The van der Waals surface area contributed by atoms with E-state index in [4.69, 9.17) is 11.5 Å². The van der Waals surface area contributed by atoms with Crippen molar-refractivity contribution in [2.75, 3.05) is 6.54 Å². The highest BCUT2D eigenvalue weighted by molar-refractivity contribution is 5.92. The van der Waals surface area contributed by atoms with Crippen LogP contribution in [0.2, 0.25) is 0 Å². The summed E-state index contributed by atoms with van der Waals surface area (Å²) in [6.07, 6.45) is -2.61. The molecule has 84 valence electrons. The monoisotopic (exact) mass is 222 g/mol. The Bertz CT molecular complexity index is 359. The molecule has 0 saturated heterocycles. The predicted octanol–water partition coefficient (Wildman–Crippen LogP) is 0.0441. The number of carbonyl (C=O) groups is 1. The van der Waals surface area contributed by atoms with Crippen molar-refractivity contribution in [2.45, 2.75) is 12.2 Å². The zero-order valence-corrected chi connectivity index (χ0v) is 7.53. The summed E-state index contributed by atoms with van der Waals surface area (Å²) >= 11 is 0. The average molecular weight is 222 g/mol. The first-order valence-corrected chi connectivity index (χ1v) is 3.97. The third-order valence-corrected chi connectivity index (χ3v) is 1.81. The van der Waals surface area contributed by atoms with Crippen molar-refractivity contribution < 1.29 is 18.0 Å². The maximum atomic E-state index is 12.4. The largest absolute Gasteiger partial charge is 0.412 e. The number of primary amides is 1. The number of nitrogens with zero attached hydrogens (tertiary/aromatic N) is 2. The van der Waals surface area contributed by atoms with Crippen molar-refractivity contribution in [2.24, 2.45) is 11.5 Å². The molecule has 15 heavy (non-hydrogen) atoms. The molecular formula is C7H9F3N4O.